The normalized spacial score (nSPS) is 16.1. The lowest BCUT2D eigenvalue weighted by atomic mass is 9.86. The predicted octanol–water partition coefficient (Wildman–Crippen LogP) is 13.6. The Hall–Kier alpha value is -4.08. The van der Waals surface area contributed by atoms with Gasteiger partial charge in [-0.2, -0.15) is 5.26 Å². The first-order valence-electron chi connectivity index (χ1n) is 20.3. The highest BCUT2D eigenvalue weighted by Gasteiger charge is 2.31. The van der Waals surface area contributed by atoms with Crippen LogP contribution in [0.1, 0.15) is 169 Å². The van der Waals surface area contributed by atoms with Crippen molar-refractivity contribution in [2.24, 2.45) is 11.8 Å². The number of carboxylic acids is 1. The summed E-state index contributed by atoms with van der Waals surface area (Å²) < 4.78 is 17.6. The van der Waals surface area contributed by atoms with Crippen molar-refractivity contribution >= 4 is 5.97 Å². The van der Waals surface area contributed by atoms with Crippen LogP contribution in [0.4, 0.5) is 0 Å². The van der Waals surface area contributed by atoms with Gasteiger partial charge in [-0.05, 0) is 137 Å². The zero-order valence-corrected chi connectivity index (χ0v) is 35.3. The first kappa shape index (κ1) is 46.1. The number of rotatable bonds is 13. The molecule has 0 amide bonds. The summed E-state index contributed by atoms with van der Waals surface area (Å²) in [6.45, 7) is 24.8. The summed E-state index contributed by atoms with van der Waals surface area (Å²) in [6, 6.07) is 19.1. The maximum absolute atomic E-state index is 10.5. The van der Waals surface area contributed by atoms with Crippen LogP contribution < -0.4 is 9.47 Å². The number of fused-ring (bicyclic) bond motifs is 1. The number of nitriles is 1. The fourth-order valence-electron chi connectivity index (χ4n) is 6.67. The van der Waals surface area contributed by atoms with Crippen LogP contribution in [0.15, 0.2) is 66.2 Å². The maximum Gasteiger partial charge on any atom is 0.335 e. The molecule has 6 heteroatoms. The largest absolute Gasteiger partial charge is 0.478 e. The summed E-state index contributed by atoms with van der Waals surface area (Å²) in [7, 11) is 0. The zero-order chi connectivity index (χ0) is 40.2. The van der Waals surface area contributed by atoms with E-state index >= 15 is 0 Å². The molecule has 1 fully saturated rings. The van der Waals surface area contributed by atoms with Crippen molar-refractivity contribution in [2.45, 2.75) is 152 Å². The molecule has 0 aromatic heterocycles. The summed E-state index contributed by atoms with van der Waals surface area (Å²) in [5.74, 6) is 2.78. The predicted molar refractivity (Wildman–Crippen MR) is 224 cm³/mol. The molecule has 296 valence electrons. The number of hydrogen-bond donors (Lipinski definition) is 1. The number of para-hydroxylation sites is 1. The molecule has 0 saturated carbocycles. The number of carboxylic acid groups (broad SMARTS) is 1. The molecule has 0 radical (unpaired) electrons. The molecule has 5 rings (SSSR count). The van der Waals surface area contributed by atoms with Gasteiger partial charge in [0.1, 0.15) is 0 Å². The first-order valence-corrected chi connectivity index (χ1v) is 20.3. The number of allylic oxidation sites excluding steroid dienone is 2. The molecule has 3 aromatic rings. The Labute approximate surface area is 327 Å². The van der Waals surface area contributed by atoms with Gasteiger partial charge >= 0.3 is 5.97 Å². The first-order chi connectivity index (χ1) is 25.7. The van der Waals surface area contributed by atoms with Crippen molar-refractivity contribution in [1.82, 2.24) is 0 Å². The summed E-state index contributed by atoms with van der Waals surface area (Å²) in [5.41, 5.74) is 7.92. The van der Waals surface area contributed by atoms with Gasteiger partial charge in [0.2, 0.25) is 0 Å². The minimum absolute atomic E-state index is 0.355. The monoisotopic (exact) mass is 740 g/mol. The number of nitrogens with zero attached hydrogens (tertiary/aromatic N) is 1. The van der Waals surface area contributed by atoms with Crippen molar-refractivity contribution in [3.63, 3.8) is 0 Å². The second-order valence-corrected chi connectivity index (χ2v) is 15.6. The summed E-state index contributed by atoms with van der Waals surface area (Å²) in [4.78, 5) is 10.5. The average molecular weight is 740 g/mol. The highest BCUT2D eigenvalue weighted by molar-refractivity contribution is 5.87. The van der Waals surface area contributed by atoms with E-state index in [4.69, 9.17) is 24.6 Å². The van der Waals surface area contributed by atoms with E-state index in [1.54, 1.807) is 12.1 Å². The number of unbranched alkanes of at least 4 members (excludes halogenated alkanes) is 1. The van der Waals surface area contributed by atoms with E-state index in [9.17, 15) is 4.79 Å². The molecular weight excluding hydrogens is 671 g/mol. The molecule has 3 atom stereocenters. The van der Waals surface area contributed by atoms with Gasteiger partial charge in [-0.15, -0.1) is 0 Å². The summed E-state index contributed by atoms with van der Waals surface area (Å²) >= 11 is 0. The van der Waals surface area contributed by atoms with Gasteiger partial charge in [0, 0.05) is 17.7 Å². The van der Waals surface area contributed by atoms with E-state index < -0.39 is 12.3 Å². The molecule has 0 bridgehead atoms. The second kappa shape index (κ2) is 24.4. The Morgan fingerprint density at radius 2 is 1.65 bits per heavy atom. The fourth-order valence-corrected chi connectivity index (χ4v) is 6.67. The van der Waals surface area contributed by atoms with Gasteiger partial charge in [-0.25, -0.2) is 4.79 Å². The number of carbonyl (C=O) groups is 1. The van der Waals surface area contributed by atoms with Gasteiger partial charge in [0.15, 0.2) is 11.5 Å². The van der Waals surface area contributed by atoms with E-state index in [1.807, 2.05) is 51.1 Å². The SMILES string of the molecule is CC/C=C(/C)CC(C)C.CCCC(CC(C)C)c1cccc2c1OC(c1ccc(C#N)cc1C)O2.CCCCC1CCO1.Cc1ccc(C(=O)O)cc1C. The Bertz CT molecular complexity index is 1650. The third-order valence-corrected chi connectivity index (χ3v) is 9.66. The molecule has 1 N–H and O–H groups in total. The summed E-state index contributed by atoms with van der Waals surface area (Å²) in [6.07, 6.45) is 13.6. The average Bonchev–Trinajstić information content (AvgIpc) is 3.53. The van der Waals surface area contributed by atoms with Crippen LogP contribution in [-0.4, -0.2) is 23.8 Å². The molecule has 1 saturated heterocycles. The zero-order valence-electron chi connectivity index (χ0n) is 35.3. The van der Waals surface area contributed by atoms with Crippen LogP contribution in [0.3, 0.4) is 0 Å². The topological polar surface area (TPSA) is 88.8 Å². The highest BCUT2D eigenvalue weighted by atomic mass is 16.7. The summed E-state index contributed by atoms with van der Waals surface area (Å²) in [5, 5.41) is 17.7. The van der Waals surface area contributed by atoms with Crippen LogP contribution in [-0.2, 0) is 4.74 Å². The molecule has 2 heterocycles. The molecule has 0 spiro atoms. The number of ether oxygens (including phenoxy) is 3. The Balaban J connectivity index is 0.000000295. The van der Waals surface area contributed by atoms with Crippen molar-refractivity contribution in [2.75, 3.05) is 6.61 Å². The Kier molecular flexibility index (Phi) is 20.8. The molecule has 2 aliphatic heterocycles. The quantitative estimate of drug-likeness (QED) is 0.176. The van der Waals surface area contributed by atoms with E-state index in [1.165, 1.54) is 49.7 Å². The molecule has 54 heavy (non-hydrogen) atoms. The van der Waals surface area contributed by atoms with Crippen LogP contribution in [0.25, 0.3) is 0 Å². The smallest absolute Gasteiger partial charge is 0.335 e. The second-order valence-electron chi connectivity index (χ2n) is 15.6. The Morgan fingerprint density at radius 1 is 0.926 bits per heavy atom. The van der Waals surface area contributed by atoms with E-state index in [0.29, 0.717) is 29.1 Å². The lowest BCUT2D eigenvalue weighted by Gasteiger charge is -2.25. The van der Waals surface area contributed by atoms with Crippen LogP contribution in [0, 0.1) is 43.9 Å². The fraction of sp³-hybridized carbons (Fsp3) is 0.542. The van der Waals surface area contributed by atoms with Gasteiger partial charge in [-0.3, -0.25) is 0 Å². The minimum atomic E-state index is -0.867. The standard InChI is InChI=1S/C23H27NO2.C9H10O2.C9H18.C7H14O/c1-5-7-18(12-15(2)3)20-8-6-9-21-22(20)26-23(25-21)19-11-10-17(14-24)13-16(19)4;1-6-3-4-8(9(10)11)5-7(6)2;1-5-6-9(4)7-8(2)3;1-2-3-4-7-5-6-8-7/h6,8-11,13,15,18,23H,5,7,12H2,1-4H3;3-5H,1-2H3,(H,10,11);6,8H,5,7H2,1-4H3;7H,2-6H2,1H3/b;;9-6-;. The van der Waals surface area contributed by atoms with E-state index in [-0.39, 0.29) is 0 Å². The molecule has 6 nitrogen and oxygen atoms in total. The molecule has 0 aliphatic carbocycles. The number of benzene rings is 3. The number of aryl methyl sites for hydroxylation is 3. The lowest BCUT2D eigenvalue weighted by molar-refractivity contribution is -0.0553. The van der Waals surface area contributed by atoms with E-state index in [0.717, 1.165) is 65.5 Å². The van der Waals surface area contributed by atoms with Gasteiger partial charge in [0.05, 0.1) is 23.3 Å². The third-order valence-electron chi connectivity index (χ3n) is 9.66. The van der Waals surface area contributed by atoms with Crippen molar-refractivity contribution in [3.05, 3.63) is 105 Å². The van der Waals surface area contributed by atoms with Crippen LogP contribution in [0.2, 0.25) is 0 Å². The lowest BCUT2D eigenvalue weighted by Crippen LogP contribution is -2.26. The van der Waals surface area contributed by atoms with Crippen molar-refractivity contribution in [3.8, 4) is 17.6 Å². The maximum atomic E-state index is 10.5. The number of hydrogen-bond acceptors (Lipinski definition) is 5. The Morgan fingerprint density at radius 3 is 2.17 bits per heavy atom. The molecular formula is C48H69NO5. The molecule has 2 aliphatic rings. The minimum Gasteiger partial charge on any atom is -0.478 e. The van der Waals surface area contributed by atoms with Crippen molar-refractivity contribution in [1.29, 1.82) is 5.26 Å². The molecule has 3 aromatic carbocycles. The van der Waals surface area contributed by atoms with Crippen LogP contribution >= 0.6 is 0 Å². The van der Waals surface area contributed by atoms with Gasteiger partial charge in [-0.1, -0.05) is 97.6 Å². The van der Waals surface area contributed by atoms with Gasteiger partial charge < -0.3 is 19.3 Å². The van der Waals surface area contributed by atoms with Gasteiger partial charge in [0.25, 0.3) is 6.29 Å². The third kappa shape index (κ3) is 15.7. The van der Waals surface area contributed by atoms with E-state index in [2.05, 4.69) is 79.7 Å². The molecule has 3 unspecified atom stereocenters. The number of aromatic carboxylic acids is 1. The highest BCUT2D eigenvalue weighted by Crippen LogP contribution is 2.47. The van der Waals surface area contributed by atoms with Crippen LogP contribution in [0.5, 0.6) is 11.5 Å². The van der Waals surface area contributed by atoms with Crippen molar-refractivity contribution < 1.29 is 24.1 Å².